The molecular formula is C12H12F2N2O. The van der Waals surface area contributed by atoms with Crippen molar-refractivity contribution in [3.63, 3.8) is 0 Å². The van der Waals surface area contributed by atoms with Crippen LogP contribution in [0.2, 0.25) is 0 Å². The maximum absolute atomic E-state index is 13.4. The first kappa shape index (κ1) is 11.6. The highest BCUT2D eigenvalue weighted by Gasteiger charge is 2.19. The Morgan fingerprint density at radius 2 is 2.18 bits per heavy atom. The van der Waals surface area contributed by atoms with Crippen LogP contribution in [-0.4, -0.2) is 4.98 Å². The van der Waals surface area contributed by atoms with E-state index in [9.17, 15) is 8.78 Å². The van der Waals surface area contributed by atoms with Crippen molar-refractivity contribution in [2.45, 2.75) is 19.8 Å². The number of rotatable bonds is 2. The number of ether oxygens (including phenoxy) is 1. The van der Waals surface area contributed by atoms with Gasteiger partial charge in [-0.2, -0.15) is 0 Å². The van der Waals surface area contributed by atoms with Crippen molar-refractivity contribution in [1.82, 2.24) is 4.98 Å². The number of nitrogens with two attached hydrogens (primary N) is 1. The summed E-state index contributed by atoms with van der Waals surface area (Å²) in [5.41, 5.74) is 6.84. The molecule has 0 saturated heterocycles. The molecule has 90 valence electrons. The largest absolute Gasteiger partial charge is 0.433 e. The van der Waals surface area contributed by atoms with Crippen LogP contribution in [0.25, 0.3) is 0 Å². The molecule has 2 rings (SSSR count). The minimum atomic E-state index is -0.690. The molecule has 1 heterocycles. The molecule has 1 aromatic rings. The molecule has 0 amide bonds. The van der Waals surface area contributed by atoms with Gasteiger partial charge in [-0.05, 0) is 25.0 Å². The molecule has 2 N–H and O–H groups in total. The van der Waals surface area contributed by atoms with E-state index >= 15 is 0 Å². The molecule has 0 unspecified atom stereocenters. The van der Waals surface area contributed by atoms with Crippen LogP contribution in [0.3, 0.4) is 0 Å². The number of halogens is 2. The van der Waals surface area contributed by atoms with Gasteiger partial charge in [-0.15, -0.1) is 0 Å². The van der Waals surface area contributed by atoms with Crippen LogP contribution < -0.4 is 10.5 Å². The third-order valence-electron chi connectivity index (χ3n) is 2.48. The van der Waals surface area contributed by atoms with Crippen molar-refractivity contribution >= 4 is 5.69 Å². The zero-order valence-electron chi connectivity index (χ0n) is 9.34. The maximum Gasteiger partial charge on any atom is 0.219 e. The quantitative estimate of drug-likeness (QED) is 0.860. The van der Waals surface area contributed by atoms with Gasteiger partial charge in [-0.25, -0.2) is 13.8 Å². The number of allylic oxidation sites excluding steroid dienone is 3. The summed E-state index contributed by atoms with van der Waals surface area (Å²) in [5.74, 6) is -1.54. The Labute approximate surface area is 97.6 Å². The number of aryl methyl sites for hydroxylation is 1. The smallest absolute Gasteiger partial charge is 0.219 e. The highest BCUT2D eigenvalue weighted by atomic mass is 19.1. The molecule has 0 bridgehead atoms. The zero-order valence-corrected chi connectivity index (χ0v) is 9.34. The second-order valence-electron chi connectivity index (χ2n) is 3.81. The van der Waals surface area contributed by atoms with Gasteiger partial charge in [0.2, 0.25) is 5.88 Å². The number of aromatic nitrogens is 1. The average molecular weight is 238 g/mol. The lowest BCUT2D eigenvalue weighted by Gasteiger charge is -2.13. The monoisotopic (exact) mass is 238 g/mol. The van der Waals surface area contributed by atoms with E-state index in [1.807, 2.05) is 0 Å². The van der Waals surface area contributed by atoms with Gasteiger partial charge in [0.15, 0.2) is 11.6 Å². The van der Waals surface area contributed by atoms with E-state index in [4.69, 9.17) is 10.5 Å². The summed E-state index contributed by atoms with van der Waals surface area (Å²) in [6.45, 7) is 1.77. The maximum atomic E-state index is 13.4. The molecule has 1 aromatic heterocycles. The Bertz CT molecular complexity index is 509. The molecule has 17 heavy (non-hydrogen) atoms. The van der Waals surface area contributed by atoms with Gasteiger partial charge >= 0.3 is 0 Å². The fourth-order valence-electron chi connectivity index (χ4n) is 1.47. The van der Waals surface area contributed by atoms with E-state index in [-0.39, 0.29) is 18.1 Å². The fourth-order valence-corrected chi connectivity index (χ4v) is 1.47. The lowest BCUT2D eigenvalue weighted by Crippen LogP contribution is -2.05. The number of hydrogen-bond acceptors (Lipinski definition) is 3. The van der Waals surface area contributed by atoms with Gasteiger partial charge in [0.25, 0.3) is 0 Å². The van der Waals surface area contributed by atoms with Crippen molar-refractivity contribution < 1.29 is 13.5 Å². The molecule has 0 spiro atoms. The second kappa shape index (κ2) is 4.53. The summed E-state index contributed by atoms with van der Waals surface area (Å²) in [6, 6.07) is 1.54. The molecular weight excluding hydrogens is 226 g/mol. The Morgan fingerprint density at radius 3 is 2.82 bits per heavy atom. The molecule has 0 atom stereocenters. The predicted molar refractivity (Wildman–Crippen MR) is 60.6 cm³/mol. The molecule has 0 aliphatic heterocycles. The molecule has 0 radical (unpaired) electrons. The molecule has 3 nitrogen and oxygen atoms in total. The van der Waals surface area contributed by atoms with Gasteiger partial charge in [0.1, 0.15) is 5.83 Å². The second-order valence-corrected chi connectivity index (χ2v) is 3.81. The van der Waals surface area contributed by atoms with Crippen LogP contribution in [0.4, 0.5) is 14.5 Å². The minimum absolute atomic E-state index is 0.132. The standard InChI is InChI=1S/C12H12F2N2O/c1-7-5-11(16-6-10(7)15)17-12-8(13)3-2-4-9(12)14/h3,5-6H,2,4,15H2,1H3. The van der Waals surface area contributed by atoms with Gasteiger partial charge in [0.05, 0.1) is 11.9 Å². The van der Waals surface area contributed by atoms with Crippen molar-refractivity contribution in [2.24, 2.45) is 0 Å². The zero-order chi connectivity index (χ0) is 12.4. The van der Waals surface area contributed by atoms with Crippen LogP contribution >= 0.6 is 0 Å². The third kappa shape index (κ3) is 2.43. The Balaban J connectivity index is 2.26. The summed E-state index contributed by atoms with van der Waals surface area (Å²) in [4.78, 5) is 3.86. The first-order chi connectivity index (χ1) is 8.08. The SMILES string of the molecule is Cc1cc(OC2=C(F)CCC=C2F)ncc1N. The van der Waals surface area contributed by atoms with Crippen LogP contribution in [0, 0.1) is 6.92 Å². The van der Waals surface area contributed by atoms with Crippen LogP contribution in [0.15, 0.2) is 35.8 Å². The van der Waals surface area contributed by atoms with Crippen molar-refractivity contribution in [3.8, 4) is 5.88 Å². The molecule has 0 aromatic carbocycles. The number of anilines is 1. The van der Waals surface area contributed by atoms with Crippen LogP contribution in [0.5, 0.6) is 5.88 Å². The summed E-state index contributed by atoms with van der Waals surface area (Å²) >= 11 is 0. The Morgan fingerprint density at radius 1 is 1.41 bits per heavy atom. The predicted octanol–water partition coefficient (Wildman–Crippen LogP) is 3.18. The van der Waals surface area contributed by atoms with E-state index in [0.29, 0.717) is 12.1 Å². The number of pyridine rings is 1. The van der Waals surface area contributed by atoms with E-state index in [2.05, 4.69) is 4.98 Å². The van der Waals surface area contributed by atoms with Crippen molar-refractivity contribution in [2.75, 3.05) is 5.73 Å². The van der Waals surface area contributed by atoms with E-state index in [1.165, 1.54) is 18.3 Å². The highest BCUT2D eigenvalue weighted by molar-refractivity contribution is 5.46. The lowest BCUT2D eigenvalue weighted by atomic mass is 10.1. The number of hydrogen-bond donors (Lipinski definition) is 1. The first-order valence-corrected chi connectivity index (χ1v) is 5.22. The van der Waals surface area contributed by atoms with Gasteiger partial charge in [-0.1, -0.05) is 0 Å². The van der Waals surface area contributed by atoms with Crippen molar-refractivity contribution in [1.29, 1.82) is 0 Å². The van der Waals surface area contributed by atoms with E-state index in [0.717, 1.165) is 5.56 Å². The minimum Gasteiger partial charge on any atom is -0.433 e. The number of nitrogen functional groups attached to an aromatic ring is 1. The molecule has 0 saturated carbocycles. The molecule has 0 fully saturated rings. The number of nitrogens with zero attached hydrogens (tertiary/aromatic N) is 1. The highest BCUT2D eigenvalue weighted by Crippen LogP contribution is 2.29. The summed E-state index contributed by atoms with van der Waals surface area (Å²) < 4.78 is 31.8. The lowest BCUT2D eigenvalue weighted by molar-refractivity contribution is 0.351. The van der Waals surface area contributed by atoms with Crippen molar-refractivity contribution in [3.05, 3.63) is 41.3 Å². The molecule has 1 aliphatic carbocycles. The van der Waals surface area contributed by atoms with Gasteiger partial charge in [-0.3, -0.25) is 0 Å². The van der Waals surface area contributed by atoms with E-state index in [1.54, 1.807) is 6.92 Å². The molecule has 5 heteroatoms. The first-order valence-electron chi connectivity index (χ1n) is 5.22. The van der Waals surface area contributed by atoms with E-state index < -0.39 is 11.7 Å². The normalized spacial score (nSPS) is 15.8. The fraction of sp³-hybridized carbons (Fsp3) is 0.250. The topological polar surface area (TPSA) is 48.1 Å². The Hall–Kier alpha value is -1.91. The molecule has 1 aliphatic rings. The van der Waals surface area contributed by atoms with Crippen LogP contribution in [-0.2, 0) is 0 Å². The summed E-state index contributed by atoms with van der Waals surface area (Å²) in [7, 11) is 0. The summed E-state index contributed by atoms with van der Waals surface area (Å²) in [6.07, 6.45) is 3.19. The summed E-state index contributed by atoms with van der Waals surface area (Å²) in [5, 5.41) is 0. The van der Waals surface area contributed by atoms with Gasteiger partial charge < -0.3 is 10.5 Å². The average Bonchev–Trinajstić information content (AvgIpc) is 2.28. The third-order valence-corrected chi connectivity index (χ3v) is 2.48. The Kier molecular flexibility index (Phi) is 3.08. The van der Waals surface area contributed by atoms with Gasteiger partial charge in [0, 0.05) is 12.5 Å². The van der Waals surface area contributed by atoms with Crippen LogP contribution in [0.1, 0.15) is 18.4 Å².